The van der Waals surface area contributed by atoms with Crippen LogP contribution in [0.25, 0.3) is 0 Å². The first-order valence-corrected chi connectivity index (χ1v) is 6.68. The van der Waals surface area contributed by atoms with Gasteiger partial charge >= 0.3 is 12.0 Å². The van der Waals surface area contributed by atoms with Crippen molar-refractivity contribution < 1.29 is 14.7 Å². The molecule has 20 heavy (non-hydrogen) atoms. The van der Waals surface area contributed by atoms with Gasteiger partial charge < -0.3 is 19.9 Å². The molecule has 2 amide bonds. The predicted octanol–water partition coefficient (Wildman–Crippen LogP) is 1.02. The van der Waals surface area contributed by atoms with Gasteiger partial charge in [-0.05, 0) is 13.8 Å². The molecule has 0 aliphatic carbocycles. The van der Waals surface area contributed by atoms with Crippen LogP contribution in [0.4, 0.5) is 4.79 Å². The van der Waals surface area contributed by atoms with E-state index in [-0.39, 0.29) is 18.6 Å². The van der Waals surface area contributed by atoms with E-state index >= 15 is 0 Å². The standard InChI is InChI=1S/C13H22N4O3/c1-4-17(7-10(2)12(18)19)13(20)15-11(3)8-16-6-5-14-9-16/h5-6,9-11H,4,7-8H2,1-3H3,(H,15,20)(H,18,19). The molecule has 0 bridgehead atoms. The molecule has 1 heterocycles. The third-order valence-electron chi connectivity index (χ3n) is 3.00. The number of imidazole rings is 1. The van der Waals surface area contributed by atoms with Crippen LogP contribution in [-0.2, 0) is 11.3 Å². The summed E-state index contributed by atoms with van der Waals surface area (Å²) in [5.74, 6) is -1.48. The summed E-state index contributed by atoms with van der Waals surface area (Å²) in [7, 11) is 0. The summed E-state index contributed by atoms with van der Waals surface area (Å²) in [6.45, 7) is 6.61. The van der Waals surface area contributed by atoms with E-state index in [2.05, 4.69) is 10.3 Å². The molecular weight excluding hydrogens is 260 g/mol. The third kappa shape index (κ3) is 4.91. The van der Waals surface area contributed by atoms with Gasteiger partial charge in [0.05, 0.1) is 12.2 Å². The number of hydrogen-bond acceptors (Lipinski definition) is 3. The van der Waals surface area contributed by atoms with E-state index in [1.807, 2.05) is 24.6 Å². The van der Waals surface area contributed by atoms with Crippen molar-refractivity contribution in [3.8, 4) is 0 Å². The average Bonchev–Trinajstić information content (AvgIpc) is 2.87. The Bertz CT molecular complexity index is 433. The number of carbonyl (C=O) groups is 2. The van der Waals surface area contributed by atoms with Crippen molar-refractivity contribution in [2.75, 3.05) is 13.1 Å². The largest absolute Gasteiger partial charge is 0.481 e. The minimum Gasteiger partial charge on any atom is -0.481 e. The summed E-state index contributed by atoms with van der Waals surface area (Å²) in [6.07, 6.45) is 5.20. The van der Waals surface area contributed by atoms with E-state index in [1.165, 1.54) is 4.90 Å². The Labute approximate surface area is 118 Å². The first-order valence-electron chi connectivity index (χ1n) is 6.68. The molecular formula is C13H22N4O3. The maximum atomic E-state index is 12.1. The van der Waals surface area contributed by atoms with Crippen LogP contribution in [0.15, 0.2) is 18.7 Å². The zero-order valence-corrected chi connectivity index (χ0v) is 12.1. The molecule has 7 heteroatoms. The van der Waals surface area contributed by atoms with E-state index in [1.54, 1.807) is 19.4 Å². The molecule has 0 aromatic carbocycles. The number of nitrogens with one attached hydrogen (secondary N) is 1. The Morgan fingerprint density at radius 2 is 2.15 bits per heavy atom. The van der Waals surface area contributed by atoms with Gasteiger partial charge in [-0.25, -0.2) is 9.78 Å². The van der Waals surface area contributed by atoms with E-state index < -0.39 is 11.9 Å². The van der Waals surface area contributed by atoms with Crippen LogP contribution >= 0.6 is 0 Å². The average molecular weight is 282 g/mol. The van der Waals surface area contributed by atoms with Gasteiger partial charge in [0.25, 0.3) is 0 Å². The number of aliphatic carboxylic acids is 1. The lowest BCUT2D eigenvalue weighted by atomic mass is 10.2. The summed E-state index contributed by atoms with van der Waals surface area (Å²) in [5.41, 5.74) is 0. The molecule has 112 valence electrons. The number of amides is 2. The van der Waals surface area contributed by atoms with Crippen LogP contribution in [0.5, 0.6) is 0 Å². The fourth-order valence-corrected chi connectivity index (χ4v) is 1.82. The molecule has 0 aliphatic rings. The molecule has 2 N–H and O–H groups in total. The molecule has 1 aromatic rings. The lowest BCUT2D eigenvalue weighted by Crippen LogP contribution is -2.47. The SMILES string of the molecule is CCN(CC(C)C(=O)O)C(=O)NC(C)Cn1ccnc1. The summed E-state index contributed by atoms with van der Waals surface area (Å²) in [4.78, 5) is 28.3. The van der Waals surface area contributed by atoms with Crippen molar-refractivity contribution in [2.24, 2.45) is 5.92 Å². The number of aromatic nitrogens is 2. The molecule has 7 nitrogen and oxygen atoms in total. The Morgan fingerprint density at radius 1 is 1.45 bits per heavy atom. The normalized spacial score (nSPS) is 13.6. The highest BCUT2D eigenvalue weighted by Crippen LogP contribution is 2.02. The van der Waals surface area contributed by atoms with E-state index in [0.717, 1.165) is 0 Å². The second-order valence-corrected chi connectivity index (χ2v) is 4.89. The zero-order chi connectivity index (χ0) is 15.1. The van der Waals surface area contributed by atoms with Crippen molar-refractivity contribution in [3.05, 3.63) is 18.7 Å². The monoisotopic (exact) mass is 282 g/mol. The Kier molecular flexibility index (Phi) is 6.02. The summed E-state index contributed by atoms with van der Waals surface area (Å²) < 4.78 is 1.88. The molecule has 2 unspecified atom stereocenters. The maximum Gasteiger partial charge on any atom is 0.317 e. The predicted molar refractivity (Wildman–Crippen MR) is 74.3 cm³/mol. The Balaban J connectivity index is 2.47. The molecule has 0 saturated heterocycles. The van der Waals surface area contributed by atoms with Gasteiger partial charge in [0.2, 0.25) is 0 Å². The van der Waals surface area contributed by atoms with E-state index in [0.29, 0.717) is 13.1 Å². The topological polar surface area (TPSA) is 87.5 Å². The number of urea groups is 1. The Morgan fingerprint density at radius 3 is 2.65 bits per heavy atom. The highest BCUT2D eigenvalue weighted by molar-refractivity contribution is 5.76. The molecule has 1 rings (SSSR count). The highest BCUT2D eigenvalue weighted by Gasteiger charge is 2.20. The molecule has 1 aromatic heterocycles. The van der Waals surface area contributed by atoms with Crippen LogP contribution in [0.2, 0.25) is 0 Å². The van der Waals surface area contributed by atoms with Crippen LogP contribution in [0.1, 0.15) is 20.8 Å². The summed E-state index contributed by atoms with van der Waals surface area (Å²) in [5, 5.41) is 11.8. The fourth-order valence-electron chi connectivity index (χ4n) is 1.82. The van der Waals surface area contributed by atoms with E-state index in [4.69, 9.17) is 5.11 Å². The summed E-state index contributed by atoms with van der Waals surface area (Å²) in [6, 6.07) is -0.306. The zero-order valence-electron chi connectivity index (χ0n) is 12.1. The van der Waals surface area contributed by atoms with Crippen molar-refractivity contribution in [1.29, 1.82) is 0 Å². The minimum absolute atomic E-state index is 0.0640. The number of hydrogen-bond donors (Lipinski definition) is 2. The molecule has 0 radical (unpaired) electrons. The Hall–Kier alpha value is -2.05. The van der Waals surface area contributed by atoms with Crippen LogP contribution in [0.3, 0.4) is 0 Å². The molecule has 0 saturated carbocycles. The van der Waals surface area contributed by atoms with Crippen molar-refractivity contribution in [3.63, 3.8) is 0 Å². The lowest BCUT2D eigenvalue weighted by molar-refractivity contribution is -0.141. The van der Waals surface area contributed by atoms with Gasteiger partial charge in [-0.1, -0.05) is 6.92 Å². The second-order valence-electron chi connectivity index (χ2n) is 4.89. The highest BCUT2D eigenvalue weighted by atomic mass is 16.4. The second kappa shape index (κ2) is 7.52. The minimum atomic E-state index is -0.900. The molecule has 0 spiro atoms. The van der Waals surface area contributed by atoms with Gasteiger partial charge in [-0.2, -0.15) is 0 Å². The maximum absolute atomic E-state index is 12.1. The van der Waals surface area contributed by atoms with Crippen LogP contribution in [-0.4, -0.2) is 50.7 Å². The number of rotatable bonds is 7. The number of carboxylic acids is 1. The third-order valence-corrected chi connectivity index (χ3v) is 3.00. The van der Waals surface area contributed by atoms with Gasteiger partial charge in [0.15, 0.2) is 0 Å². The number of carbonyl (C=O) groups excluding carboxylic acids is 1. The van der Waals surface area contributed by atoms with Crippen molar-refractivity contribution in [1.82, 2.24) is 19.8 Å². The smallest absolute Gasteiger partial charge is 0.317 e. The first-order chi connectivity index (χ1) is 9.43. The van der Waals surface area contributed by atoms with Gasteiger partial charge in [-0.15, -0.1) is 0 Å². The fraction of sp³-hybridized carbons (Fsp3) is 0.615. The van der Waals surface area contributed by atoms with Crippen molar-refractivity contribution >= 4 is 12.0 Å². The quantitative estimate of drug-likeness (QED) is 0.781. The molecule has 0 fully saturated rings. The lowest BCUT2D eigenvalue weighted by Gasteiger charge is -2.25. The van der Waals surface area contributed by atoms with Gasteiger partial charge in [0.1, 0.15) is 0 Å². The summed E-state index contributed by atoms with van der Waals surface area (Å²) >= 11 is 0. The molecule has 2 atom stereocenters. The van der Waals surface area contributed by atoms with Gasteiger partial charge in [-0.3, -0.25) is 4.79 Å². The van der Waals surface area contributed by atoms with Crippen LogP contribution < -0.4 is 5.32 Å². The van der Waals surface area contributed by atoms with Crippen LogP contribution in [0, 0.1) is 5.92 Å². The van der Waals surface area contributed by atoms with Crippen molar-refractivity contribution in [2.45, 2.75) is 33.4 Å². The molecule has 0 aliphatic heterocycles. The number of nitrogens with zero attached hydrogens (tertiary/aromatic N) is 3. The first kappa shape index (κ1) is 16.0. The van der Waals surface area contributed by atoms with Gasteiger partial charge in [0, 0.05) is 38.1 Å². The number of carboxylic acid groups (broad SMARTS) is 1. The van der Waals surface area contributed by atoms with E-state index in [9.17, 15) is 9.59 Å².